The van der Waals surface area contributed by atoms with Gasteiger partial charge in [0.15, 0.2) is 17.3 Å². The Hall–Kier alpha value is -1.26. The number of benzene rings is 1. The lowest BCUT2D eigenvalue weighted by Crippen LogP contribution is -2.19. The quantitative estimate of drug-likeness (QED) is 0.556. The van der Waals surface area contributed by atoms with Crippen LogP contribution in [0.5, 0.6) is 11.5 Å². The van der Waals surface area contributed by atoms with Crippen LogP contribution < -0.4 is 5.32 Å². The van der Waals surface area contributed by atoms with Crippen molar-refractivity contribution in [2.75, 3.05) is 13.6 Å². The van der Waals surface area contributed by atoms with Crippen molar-refractivity contribution in [3.8, 4) is 11.5 Å². The number of phenols is 2. The zero-order chi connectivity index (χ0) is 12.3. The third kappa shape index (κ3) is 2.28. The van der Waals surface area contributed by atoms with E-state index in [4.69, 9.17) is 11.6 Å². The topological polar surface area (TPSA) is 69.6 Å². The van der Waals surface area contributed by atoms with Gasteiger partial charge in [-0.25, -0.2) is 0 Å². The highest BCUT2D eigenvalue weighted by Crippen LogP contribution is 2.39. The average molecular weight is 244 g/mol. The Morgan fingerprint density at radius 1 is 1.44 bits per heavy atom. The summed E-state index contributed by atoms with van der Waals surface area (Å²) in [6.45, 7) is 1.95. The van der Waals surface area contributed by atoms with Gasteiger partial charge in [0.1, 0.15) is 0 Å². The minimum absolute atomic E-state index is 0.102. The Morgan fingerprint density at radius 2 is 2.06 bits per heavy atom. The van der Waals surface area contributed by atoms with Gasteiger partial charge in [0, 0.05) is 5.56 Å². The second-order valence-corrected chi connectivity index (χ2v) is 3.78. The van der Waals surface area contributed by atoms with Crippen molar-refractivity contribution in [2.45, 2.75) is 13.3 Å². The fraction of sp³-hybridized carbons (Fsp3) is 0.364. The lowest BCUT2D eigenvalue weighted by Gasteiger charge is -2.10. The molecule has 3 N–H and O–H groups in total. The van der Waals surface area contributed by atoms with Crippen LogP contribution in [0, 0.1) is 0 Å². The maximum absolute atomic E-state index is 11.7. The number of phenolic OH excluding ortho intramolecular Hbond substituents is 2. The Labute approximate surface area is 98.9 Å². The summed E-state index contributed by atoms with van der Waals surface area (Å²) in [6.07, 6.45) is 0.510. The number of nitrogens with one attached hydrogen (secondary N) is 1. The van der Waals surface area contributed by atoms with E-state index in [9.17, 15) is 15.0 Å². The molecule has 0 atom stereocenters. The first-order valence-electron chi connectivity index (χ1n) is 4.94. The lowest BCUT2D eigenvalue weighted by molar-refractivity contribution is 0.0993. The van der Waals surface area contributed by atoms with Gasteiger partial charge in [-0.2, -0.15) is 0 Å². The molecular formula is C11H14ClNO3. The molecule has 0 bridgehead atoms. The number of likely N-dealkylation sites (N-methyl/N-ethyl adjacent to an activating group) is 1. The predicted molar refractivity (Wildman–Crippen MR) is 62.4 cm³/mol. The van der Waals surface area contributed by atoms with Crippen LogP contribution in [0.2, 0.25) is 5.02 Å². The van der Waals surface area contributed by atoms with Gasteiger partial charge in [0.2, 0.25) is 0 Å². The minimum atomic E-state index is -0.430. The molecule has 0 spiro atoms. The normalized spacial score (nSPS) is 10.4. The zero-order valence-corrected chi connectivity index (χ0v) is 9.93. The van der Waals surface area contributed by atoms with Gasteiger partial charge >= 0.3 is 0 Å². The summed E-state index contributed by atoms with van der Waals surface area (Å²) in [7, 11) is 1.65. The zero-order valence-electron chi connectivity index (χ0n) is 9.17. The van der Waals surface area contributed by atoms with Crippen LogP contribution in [-0.2, 0) is 6.42 Å². The summed E-state index contributed by atoms with van der Waals surface area (Å²) >= 11 is 5.80. The number of hydrogen-bond donors (Lipinski definition) is 3. The van der Waals surface area contributed by atoms with Crippen LogP contribution in [0.4, 0.5) is 0 Å². The van der Waals surface area contributed by atoms with Crippen molar-refractivity contribution in [3.05, 3.63) is 22.2 Å². The molecule has 4 nitrogen and oxygen atoms in total. The monoisotopic (exact) mass is 243 g/mol. The van der Waals surface area contributed by atoms with Crippen molar-refractivity contribution in [1.82, 2.24) is 5.32 Å². The molecule has 1 aromatic rings. The molecular weight excluding hydrogens is 230 g/mol. The molecule has 88 valence electrons. The van der Waals surface area contributed by atoms with Gasteiger partial charge in [-0.3, -0.25) is 4.79 Å². The van der Waals surface area contributed by atoms with E-state index in [0.717, 1.165) is 0 Å². The van der Waals surface area contributed by atoms with Gasteiger partial charge in [-0.05, 0) is 25.1 Å². The number of hydrogen-bond acceptors (Lipinski definition) is 4. The maximum Gasteiger partial charge on any atom is 0.178 e. The second-order valence-electron chi connectivity index (χ2n) is 3.40. The minimum Gasteiger partial charge on any atom is -0.504 e. The number of aromatic hydroxyl groups is 2. The van der Waals surface area contributed by atoms with Gasteiger partial charge in [-0.15, -0.1) is 0 Å². The highest BCUT2D eigenvalue weighted by molar-refractivity contribution is 6.35. The number of aryl methyl sites for hydroxylation is 1. The molecule has 0 saturated heterocycles. The van der Waals surface area contributed by atoms with Crippen molar-refractivity contribution in [3.63, 3.8) is 0 Å². The average Bonchev–Trinajstić information content (AvgIpc) is 2.27. The summed E-state index contributed by atoms with van der Waals surface area (Å²) in [4.78, 5) is 11.7. The summed E-state index contributed by atoms with van der Waals surface area (Å²) in [5.74, 6) is -0.911. The fourth-order valence-electron chi connectivity index (χ4n) is 1.42. The summed E-state index contributed by atoms with van der Waals surface area (Å²) < 4.78 is 0. The van der Waals surface area contributed by atoms with Crippen LogP contribution in [-0.4, -0.2) is 29.6 Å². The molecule has 0 aliphatic carbocycles. The summed E-state index contributed by atoms with van der Waals surface area (Å²) in [5, 5.41) is 21.7. The lowest BCUT2D eigenvalue weighted by atomic mass is 10.0. The Kier molecular flexibility index (Phi) is 4.15. The number of rotatable bonds is 4. The highest BCUT2D eigenvalue weighted by Gasteiger charge is 2.18. The molecule has 0 amide bonds. The molecule has 0 aliphatic rings. The SMILES string of the molecule is CCc1cc(C(=O)CNC)c(Cl)c(O)c1O. The van der Waals surface area contributed by atoms with Crippen molar-refractivity contribution in [2.24, 2.45) is 0 Å². The van der Waals surface area contributed by atoms with E-state index < -0.39 is 5.75 Å². The third-order valence-corrected chi connectivity index (χ3v) is 2.69. The first-order chi connectivity index (χ1) is 7.52. The van der Waals surface area contributed by atoms with Crippen molar-refractivity contribution in [1.29, 1.82) is 0 Å². The van der Waals surface area contributed by atoms with Crippen LogP contribution in [0.3, 0.4) is 0 Å². The molecule has 1 aromatic carbocycles. The molecule has 16 heavy (non-hydrogen) atoms. The number of carbonyl (C=O) groups excluding carboxylic acids is 1. The van der Waals surface area contributed by atoms with Crippen molar-refractivity contribution < 1.29 is 15.0 Å². The van der Waals surface area contributed by atoms with Gasteiger partial charge in [0.05, 0.1) is 11.6 Å². The van der Waals surface area contributed by atoms with E-state index in [0.29, 0.717) is 12.0 Å². The maximum atomic E-state index is 11.7. The first-order valence-corrected chi connectivity index (χ1v) is 5.31. The molecule has 0 heterocycles. The molecule has 0 aliphatic heterocycles. The van der Waals surface area contributed by atoms with E-state index in [-0.39, 0.29) is 28.7 Å². The number of carbonyl (C=O) groups is 1. The van der Waals surface area contributed by atoms with Crippen LogP contribution in [0.1, 0.15) is 22.8 Å². The van der Waals surface area contributed by atoms with E-state index in [2.05, 4.69) is 5.32 Å². The second kappa shape index (κ2) is 5.18. The Morgan fingerprint density at radius 3 is 2.56 bits per heavy atom. The Balaban J connectivity index is 3.29. The molecule has 0 fully saturated rings. The van der Waals surface area contributed by atoms with Crippen LogP contribution in [0.15, 0.2) is 6.07 Å². The molecule has 0 aromatic heterocycles. The van der Waals surface area contributed by atoms with Crippen molar-refractivity contribution >= 4 is 17.4 Å². The van der Waals surface area contributed by atoms with Crippen LogP contribution in [0.25, 0.3) is 0 Å². The number of halogens is 1. The molecule has 5 heteroatoms. The van der Waals surface area contributed by atoms with Gasteiger partial charge in [-0.1, -0.05) is 18.5 Å². The summed E-state index contributed by atoms with van der Waals surface area (Å²) in [5.41, 5.74) is 0.726. The standard InChI is InChI=1S/C11H14ClNO3/c1-3-6-4-7(8(14)5-13-2)9(12)11(16)10(6)15/h4,13,15-16H,3,5H2,1-2H3. The highest BCUT2D eigenvalue weighted by atomic mass is 35.5. The molecule has 0 radical (unpaired) electrons. The third-order valence-electron chi connectivity index (χ3n) is 2.31. The molecule has 0 unspecified atom stereocenters. The largest absolute Gasteiger partial charge is 0.504 e. The summed E-state index contributed by atoms with van der Waals surface area (Å²) in [6, 6.07) is 1.51. The molecule has 1 rings (SSSR count). The first kappa shape index (κ1) is 12.8. The number of ketones is 1. The van der Waals surface area contributed by atoms with E-state index in [1.807, 2.05) is 6.92 Å². The predicted octanol–water partition coefficient (Wildman–Crippen LogP) is 1.72. The number of Topliss-reactive ketones (excluding diaryl/α,β-unsaturated/α-hetero) is 1. The van der Waals surface area contributed by atoms with Crippen LogP contribution >= 0.6 is 11.6 Å². The fourth-order valence-corrected chi connectivity index (χ4v) is 1.67. The van der Waals surface area contributed by atoms with E-state index in [1.54, 1.807) is 7.05 Å². The van der Waals surface area contributed by atoms with Gasteiger partial charge < -0.3 is 15.5 Å². The molecule has 0 saturated carbocycles. The van der Waals surface area contributed by atoms with E-state index >= 15 is 0 Å². The van der Waals surface area contributed by atoms with E-state index in [1.165, 1.54) is 6.07 Å². The Bertz CT molecular complexity index is 418. The van der Waals surface area contributed by atoms with Gasteiger partial charge in [0.25, 0.3) is 0 Å². The smallest absolute Gasteiger partial charge is 0.178 e.